The number of carbonyl (C=O) groups is 1. The molecule has 0 bridgehead atoms. The number of allylic oxidation sites excluding steroid dienone is 1. The highest BCUT2D eigenvalue weighted by atomic mass is 32.1. The van der Waals surface area contributed by atoms with Crippen molar-refractivity contribution in [3.8, 4) is 27.5 Å². The lowest BCUT2D eigenvalue weighted by molar-refractivity contribution is -0.137. The minimum absolute atomic E-state index is 0.138. The minimum atomic E-state index is -4.47. The Morgan fingerprint density at radius 1 is 1.07 bits per heavy atom. The molecule has 4 aromatic rings. The van der Waals surface area contributed by atoms with Gasteiger partial charge in [0.15, 0.2) is 0 Å². The van der Waals surface area contributed by atoms with Gasteiger partial charge in [0.1, 0.15) is 10.8 Å². The van der Waals surface area contributed by atoms with Crippen LogP contribution in [0.2, 0.25) is 0 Å². The van der Waals surface area contributed by atoms with Crippen molar-refractivity contribution in [1.82, 2.24) is 19.8 Å². The second-order valence-electron chi connectivity index (χ2n) is 10.5. The molecule has 2 aromatic heterocycles. The molecule has 2 aromatic carbocycles. The maximum absolute atomic E-state index is 14.7. The predicted molar refractivity (Wildman–Crippen MR) is 161 cm³/mol. The lowest BCUT2D eigenvalue weighted by Crippen LogP contribution is -2.47. The average molecular weight is 611 g/mol. The van der Waals surface area contributed by atoms with Crippen LogP contribution in [0.25, 0.3) is 33.6 Å². The molecule has 1 fully saturated rings. The zero-order valence-corrected chi connectivity index (χ0v) is 24.7. The first-order valence-electron chi connectivity index (χ1n) is 13.8. The molecular weight excluding hydrogens is 580 g/mol. The van der Waals surface area contributed by atoms with E-state index in [1.54, 1.807) is 22.4 Å². The van der Waals surface area contributed by atoms with Crippen LogP contribution in [0.4, 0.5) is 17.6 Å². The number of pyridine rings is 1. The van der Waals surface area contributed by atoms with Crippen LogP contribution in [-0.2, 0) is 12.6 Å². The maximum atomic E-state index is 14.7. The smallest absolute Gasteiger partial charge is 0.336 e. The van der Waals surface area contributed by atoms with Gasteiger partial charge in [0.05, 0.1) is 33.8 Å². The Bertz CT molecular complexity index is 1750. The van der Waals surface area contributed by atoms with Gasteiger partial charge in [-0.25, -0.2) is 9.37 Å². The Kier molecular flexibility index (Phi) is 8.66. The molecule has 1 aliphatic heterocycles. The van der Waals surface area contributed by atoms with E-state index >= 15 is 0 Å². The molecule has 1 N–H and O–H groups in total. The fourth-order valence-corrected chi connectivity index (χ4v) is 5.89. The van der Waals surface area contributed by atoms with E-state index in [-0.39, 0.29) is 17.0 Å². The van der Waals surface area contributed by atoms with Crippen molar-refractivity contribution in [2.75, 3.05) is 26.2 Å². The second kappa shape index (κ2) is 12.3. The Labute approximate surface area is 250 Å². The second-order valence-corrected chi connectivity index (χ2v) is 11.4. The molecular formula is C32H30F4N4O2S. The first kappa shape index (κ1) is 30.4. The number of piperazine rings is 1. The molecule has 6 nitrogen and oxygen atoms in total. The van der Waals surface area contributed by atoms with Crippen LogP contribution >= 0.6 is 11.3 Å². The van der Waals surface area contributed by atoms with Gasteiger partial charge in [0.2, 0.25) is 0 Å². The van der Waals surface area contributed by atoms with E-state index in [0.717, 1.165) is 29.0 Å². The number of rotatable bonds is 6. The third kappa shape index (κ3) is 6.33. The van der Waals surface area contributed by atoms with Gasteiger partial charge < -0.3 is 10.2 Å². The van der Waals surface area contributed by atoms with E-state index in [9.17, 15) is 27.2 Å². The summed E-state index contributed by atoms with van der Waals surface area (Å²) in [5.74, 6) is -0.792. The number of amides is 1. The van der Waals surface area contributed by atoms with Crippen molar-refractivity contribution < 1.29 is 22.4 Å². The number of alkyl halides is 3. The van der Waals surface area contributed by atoms with Crippen LogP contribution in [0.15, 0.2) is 64.3 Å². The zero-order valence-electron chi connectivity index (χ0n) is 23.9. The predicted octanol–water partition coefficient (Wildman–Crippen LogP) is 6.82. The highest BCUT2D eigenvalue weighted by molar-refractivity contribution is 7.13. The summed E-state index contributed by atoms with van der Waals surface area (Å²) in [4.78, 5) is 34.7. The molecule has 3 heterocycles. The molecule has 1 aliphatic rings. The van der Waals surface area contributed by atoms with E-state index in [4.69, 9.17) is 0 Å². The summed E-state index contributed by atoms with van der Waals surface area (Å²) in [6.45, 7) is 7.83. The number of aryl methyl sites for hydroxylation is 1. The van der Waals surface area contributed by atoms with Crippen molar-refractivity contribution in [1.29, 1.82) is 0 Å². The average Bonchev–Trinajstić information content (AvgIpc) is 3.47. The summed E-state index contributed by atoms with van der Waals surface area (Å²) in [5, 5.41) is 5.18. The molecule has 0 spiro atoms. The van der Waals surface area contributed by atoms with E-state index in [2.05, 4.69) is 10.3 Å². The fourth-order valence-electron chi connectivity index (χ4n) is 5.05. The van der Waals surface area contributed by atoms with Crippen molar-refractivity contribution >= 4 is 23.3 Å². The van der Waals surface area contributed by atoms with Crippen LogP contribution in [-0.4, -0.2) is 46.5 Å². The number of aromatic nitrogens is 2. The third-order valence-corrected chi connectivity index (χ3v) is 8.09. The zero-order chi connectivity index (χ0) is 30.9. The third-order valence-electron chi connectivity index (χ3n) is 7.21. The highest BCUT2D eigenvalue weighted by Gasteiger charge is 2.30. The van der Waals surface area contributed by atoms with E-state index in [1.165, 1.54) is 34.9 Å². The largest absolute Gasteiger partial charge is 0.416 e. The molecule has 224 valence electrons. The number of hydrogen-bond donors (Lipinski definition) is 1. The van der Waals surface area contributed by atoms with E-state index < -0.39 is 23.1 Å². The number of nitrogens with zero attached hydrogens (tertiary/aromatic N) is 3. The molecule has 43 heavy (non-hydrogen) atoms. The van der Waals surface area contributed by atoms with Gasteiger partial charge in [-0.1, -0.05) is 30.7 Å². The SMILES string of the molecule is CCc1ccc(F)cc1-n1c(C=C(C)C)c(C(=O)N2CCNCC2)cc(-c2nc(-c3ccc(C(F)(F)F)cc3)cs2)c1=O. The molecule has 1 amide bonds. The van der Waals surface area contributed by atoms with Gasteiger partial charge in [-0.2, -0.15) is 13.2 Å². The van der Waals surface area contributed by atoms with Crippen molar-refractivity contribution in [3.05, 3.63) is 98.0 Å². The van der Waals surface area contributed by atoms with Crippen LogP contribution in [0.1, 0.15) is 48.0 Å². The summed E-state index contributed by atoms with van der Waals surface area (Å²) in [5.41, 5.74) is 2.22. The minimum Gasteiger partial charge on any atom is -0.336 e. The van der Waals surface area contributed by atoms with Crippen LogP contribution < -0.4 is 10.9 Å². The summed E-state index contributed by atoms with van der Waals surface area (Å²) in [6.07, 6.45) is -2.21. The van der Waals surface area contributed by atoms with Crippen LogP contribution in [0.3, 0.4) is 0 Å². The summed E-state index contributed by atoms with van der Waals surface area (Å²) in [7, 11) is 0. The topological polar surface area (TPSA) is 67.2 Å². The standard InChI is InChI=1S/C32H30F4N4O2S/c1-4-20-7-10-23(33)16-27(20)40-28(15-19(2)3)24(30(41)39-13-11-37-12-14-39)17-25(31(40)42)29-38-26(18-43-29)21-5-8-22(9-6-21)32(34,35)36/h5-10,15-18,37H,4,11-14H2,1-3H3. The quantitative estimate of drug-likeness (QED) is 0.244. The molecule has 0 aliphatic carbocycles. The van der Waals surface area contributed by atoms with Crippen LogP contribution in [0, 0.1) is 5.82 Å². The lowest BCUT2D eigenvalue weighted by Gasteiger charge is -2.29. The van der Waals surface area contributed by atoms with Crippen molar-refractivity contribution in [2.24, 2.45) is 0 Å². The first-order valence-corrected chi connectivity index (χ1v) is 14.7. The van der Waals surface area contributed by atoms with Gasteiger partial charge in [-0.05, 0) is 62.2 Å². The van der Waals surface area contributed by atoms with Gasteiger partial charge in [0.25, 0.3) is 11.5 Å². The summed E-state index contributed by atoms with van der Waals surface area (Å²) < 4.78 is 55.3. The van der Waals surface area contributed by atoms with Crippen molar-refractivity contribution in [2.45, 2.75) is 33.4 Å². The van der Waals surface area contributed by atoms with Gasteiger partial charge in [-0.15, -0.1) is 11.3 Å². The van der Waals surface area contributed by atoms with Crippen molar-refractivity contribution in [3.63, 3.8) is 0 Å². The van der Waals surface area contributed by atoms with E-state index in [0.29, 0.717) is 65.8 Å². The molecule has 0 radical (unpaired) electrons. The molecule has 5 rings (SSSR count). The number of carbonyl (C=O) groups excluding carboxylic acids is 1. The lowest BCUT2D eigenvalue weighted by atomic mass is 10.0. The van der Waals surface area contributed by atoms with Gasteiger partial charge in [0, 0.05) is 37.1 Å². The fraction of sp³-hybridized carbons (Fsp3) is 0.281. The number of benzene rings is 2. The number of hydrogen-bond acceptors (Lipinski definition) is 5. The Hall–Kier alpha value is -4.09. The highest BCUT2D eigenvalue weighted by Crippen LogP contribution is 2.33. The number of halogens is 4. The number of thiazole rings is 1. The van der Waals surface area contributed by atoms with Gasteiger partial charge >= 0.3 is 6.18 Å². The Balaban J connectivity index is 1.74. The number of nitrogens with one attached hydrogen (secondary N) is 1. The van der Waals surface area contributed by atoms with E-state index in [1.807, 2.05) is 20.8 Å². The normalized spacial score (nSPS) is 13.7. The van der Waals surface area contributed by atoms with Gasteiger partial charge in [-0.3, -0.25) is 14.2 Å². The molecule has 0 atom stereocenters. The first-order chi connectivity index (χ1) is 20.5. The summed E-state index contributed by atoms with van der Waals surface area (Å²) in [6, 6.07) is 10.4. The molecule has 1 saturated heterocycles. The Morgan fingerprint density at radius 2 is 1.77 bits per heavy atom. The summed E-state index contributed by atoms with van der Waals surface area (Å²) >= 11 is 1.14. The Morgan fingerprint density at radius 3 is 2.40 bits per heavy atom. The molecule has 0 saturated carbocycles. The monoisotopic (exact) mass is 610 g/mol. The molecule has 0 unspecified atom stereocenters. The van der Waals surface area contributed by atoms with Crippen LogP contribution in [0.5, 0.6) is 0 Å². The maximum Gasteiger partial charge on any atom is 0.416 e. The molecule has 11 heteroatoms.